The van der Waals surface area contributed by atoms with Gasteiger partial charge in [-0.15, -0.1) is 0 Å². The minimum atomic E-state index is -0.307. The van der Waals surface area contributed by atoms with Crippen molar-refractivity contribution < 1.29 is 14.3 Å². The number of halogens is 1. The number of rotatable bonds is 8. The van der Waals surface area contributed by atoms with Crippen LogP contribution < -0.4 is 25.2 Å². The van der Waals surface area contributed by atoms with Crippen LogP contribution in [-0.2, 0) is 4.79 Å². The molecule has 1 fully saturated rings. The molecule has 2 aromatic carbocycles. The molecule has 0 radical (unpaired) electrons. The third kappa shape index (κ3) is 6.89. The number of aryl methyl sites for hydroxylation is 1. The average molecular weight is 578 g/mol. The van der Waals surface area contributed by atoms with E-state index in [0.717, 1.165) is 37.6 Å². The minimum absolute atomic E-state index is 0.154. The van der Waals surface area contributed by atoms with Crippen molar-refractivity contribution in [2.24, 2.45) is 0 Å². The summed E-state index contributed by atoms with van der Waals surface area (Å²) in [7, 11) is 0. The Kier molecular flexibility index (Phi) is 9.21. The standard InChI is InChI=1S/C30H36ClN7O3/c1-3-33-30(40)38(23-7-5-9-25(19-23)41-24-8-4-6-22(31)18-24)27-10-14-37(29-26(27)20-34-21(2)35-29)15-11-28(39)36-16-12-32-13-17-36/h4-9,18-20,27,32H,3,10-17H2,1-2H3,(H,33,40). The van der Waals surface area contributed by atoms with Crippen molar-refractivity contribution in [1.29, 1.82) is 0 Å². The zero-order valence-corrected chi connectivity index (χ0v) is 24.2. The lowest BCUT2D eigenvalue weighted by Crippen LogP contribution is -2.48. The van der Waals surface area contributed by atoms with Gasteiger partial charge in [0.15, 0.2) is 0 Å². The highest BCUT2D eigenvalue weighted by molar-refractivity contribution is 6.30. The summed E-state index contributed by atoms with van der Waals surface area (Å²) >= 11 is 6.14. The van der Waals surface area contributed by atoms with Gasteiger partial charge in [0.25, 0.3) is 0 Å². The number of anilines is 2. The Bertz CT molecular complexity index is 1380. The SMILES string of the molecule is CCNC(=O)N(c1cccc(Oc2cccc(Cl)c2)c1)C1CCN(CCC(=O)N2CCNCC2)c2nc(C)ncc21. The Morgan fingerprint density at radius 2 is 1.88 bits per heavy atom. The molecule has 0 spiro atoms. The Balaban J connectivity index is 1.41. The number of aromatic nitrogens is 2. The third-order valence-corrected chi connectivity index (χ3v) is 7.53. The lowest BCUT2D eigenvalue weighted by atomic mass is 9.98. The van der Waals surface area contributed by atoms with E-state index in [9.17, 15) is 9.59 Å². The van der Waals surface area contributed by atoms with Crippen LogP contribution in [0.4, 0.5) is 16.3 Å². The average Bonchev–Trinajstić information content (AvgIpc) is 2.97. The fourth-order valence-corrected chi connectivity index (χ4v) is 5.50. The summed E-state index contributed by atoms with van der Waals surface area (Å²) in [6.45, 7) is 8.57. The molecular formula is C30H36ClN7O3. The molecule has 3 aromatic rings. The first-order chi connectivity index (χ1) is 19.9. The highest BCUT2D eigenvalue weighted by Crippen LogP contribution is 2.39. The van der Waals surface area contributed by atoms with Crippen molar-refractivity contribution in [3.8, 4) is 11.5 Å². The molecule has 41 heavy (non-hydrogen) atoms. The maximum atomic E-state index is 13.6. The van der Waals surface area contributed by atoms with Crippen molar-refractivity contribution in [1.82, 2.24) is 25.5 Å². The second-order valence-corrected chi connectivity index (χ2v) is 10.6. The van der Waals surface area contributed by atoms with Gasteiger partial charge in [-0.25, -0.2) is 14.8 Å². The number of carbonyl (C=O) groups is 2. The van der Waals surface area contributed by atoms with E-state index in [1.807, 2.05) is 61.3 Å². The van der Waals surface area contributed by atoms with Gasteiger partial charge in [0.05, 0.1) is 6.04 Å². The van der Waals surface area contributed by atoms with Crippen LogP contribution in [0, 0.1) is 6.92 Å². The van der Waals surface area contributed by atoms with Crippen LogP contribution in [0.2, 0.25) is 5.02 Å². The normalized spacial score (nSPS) is 16.6. The van der Waals surface area contributed by atoms with Gasteiger partial charge < -0.3 is 25.2 Å². The first-order valence-corrected chi connectivity index (χ1v) is 14.5. The van der Waals surface area contributed by atoms with Crippen LogP contribution in [0.15, 0.2) is 54.7 Å². The van der Waals surface area contributed by atoms with Gasteiger partial charge in [-0.1, -0.05) is 23.7 Å². The molecule has 10 nitrogen and oxygen atoms in total. The number of ether oxygens (including phenoxy) is 1. The Labute approximate surface area is 245 Å². The van der Waals surface area contributed by atoms with Crippen LogP contribution in [0.25, 0.3) is 0 Å². The van der Waals surface area contributed by atoms with E-state index in [-0.39, 0.29) is 18.0 Å². The van der Waals surface area contributed by atoms with Crippen LogP contribution in [0.3, 0.4) is 0 Å². The molecule has 5 rings (SSSR count). The smallest absolute Gasteiger partial charge is 0.322 e. The van der Waals surface area contributed by atoms with Crippen molar-refractivity contribution >= 4 is 35.0 Å². The van der Waals surface area contributed by atoms with Crippen molar-refractivity contribution in [3.63, 3.8) is 0 Å². The molecule has 2 N–H and O–H groups in total. The van der Waals surface area contributed by atoms with E-state index in [1.54, 1.807) is 17.0 Å². The quantitative estimate of drug-likeness (QED) is 0.405. The third-order valence-electron chi connectivity index (χ3n) is 7.30. The Morgan fingerprint density at radius 1 is 1.12 bits per heavy atom. The number of carbonyl (C=O) groups excluding carboxylic acids is 2. The number of hydrogen-bond acceptors (Lipinski definition) is 7. The summed E-state index contributed by atoms with van der Waals surface area (Å²) in [5.41, 5.74) is 1.54. The number of nitrogens with zero attached hydrogens (tertiary/aromatic N) is 5. The molecule has 1 atom stereocenters. The molecule has 3 amide bonds. The summed E-state index contributed by atoms with van der Waals surface area (Å²) in [6.07, 6.45) is 2.87. The van der Waals surface area contributed by atoms with Gasteiger partial charge >= 0.3 is 6.03 Å². The molecule has 3 heterocycles. The number of fused-ring (bicyclic) bond motifs is 1. The van der Waals surface area contributed by atoms with Crippen molar-refractivity contribution in [2.45, 2.75) is 32.7 Å². The number of amides is 3. The summed E-state index contributed by atoms with van der Waals surface area (Å²) in [5.74, 6) is 2.76. The van der Waals surface area contributed by atoms with Gasteiger partial charge in [0.1, 0.15) is 23.1 Å². The maximum Gasteiger partial charge on any atom is 0.322 e. The van der Waals surface area contributed by atoms with Crippen LogP contribution >= 0.6 is 11.6 Å². The molecule has 0 aliphatic carbocycles. The number of benzene rings is 2. The summed E-state index contributed by atoms with van der Waals surface area (Å²) in [6, 6.07) is 14.1. The van der Waals surface area contributed by atoms with Crippen LogP contribution in [0.1, 0.15) is 37.2 Å². The molecule has 0 bridgehead atoms. The summed E-state index contributed by atoms with van der Waals surface area (Å²) < 4.78 is 6.07. The minimum Gasteiger partial charge on any atom is -0.457 e. The largest absolute Gasteiger partial charge is 0.457 e. The van der Waals surface area contributed by atoms with E-state index in [1.165, 1.54) is 0 Å². The van der Waals surface area contributed by atoms with Gasteiger partial charge in [0.2, 0.25) is 5.91 Å². The molecule has 2 aliphatic rings. The topological polar surface area (TPSA) is 103 Å². The second-order valence-electron chi connectivity index (χ2n) is 10.1. The van der Waals surface area contributed by atoms with Crippen molar-refractivity contribution in [2.75, 3.05) is 55.6 Å². The van der Waals surface area contributed by atoms with E-state index < -0.39 is 0 Å². The van der Waals surface area contributed by atoms with Crippen molar-refractivity contribution in [3.05, 3.63) is 71.1 Å². The lowest BCUT2D eigenvalue weighted by molar-refractivity contribution is -0.131. The number of nitrogens with one attached hydrogen (secondary N) is 2. The Morgan fingerprint density at radius 3 is 2.63 bits per heavy atom. The molecule has 2 aliphatic heterocycles. The summed E-state index contributed by atoms with van der Waals surface area (Å²) in [5, 5.41) is 6.83. The maximum absolute atomic E-state index is 13.6. The molecule has 11 heteroatoms. The van der Waals surface area contributed by atoms with E-state index in [4.69, 9.17) is 21.3 Å². The van der Waals surface area contributed by atoms with Crippen LogP contribution in [0.5, 0.6) is 11.5 Å². The predicted molar refractivity (Wildman–Crippen MR) is 160 cm³/mol. The van der Waals surface area contributed by atoms with E-state index >= 15 is 0 Å². The molecule has 1 unspecified atom stereocenters. The van der Waals surface area contributed by atoms with Gasteiger partial charge in [-0.3, -0.25) is 9.69 Å². The highest BCUT2D eigenvalue weighted by Gasteiger charge is 2.35. The zero-order valence-electron chi connectivity index (χ0n) is 23.5. The number of hydrogen-bond donors (Lipinski definition) is 2. The molecule has 1 aromatic heterocycles. The summed E-state index contributed by atoms with van der Waals surface area (Å²) in [4.78, 5) is 41.5. The molecular weight excluding hydrogens is 542 g/mol. The van der Waals surface area contributed by atoms with Gasteiger partial charge in [0, 0.05) is 80.8 Å². The zero-order chi connectivity index (χ0) is 28.8. The van der Waals surface area contributed by atoms with Gasteiger partial charge in [-0.05, 0) is 50.6 Å². The fourth-order valence-electron chi connectivity index (χ4n) is 5.32. The van der Waals surface area contributed by atoms with Crippen LogP contribution in [-0.4, -0.2) is 72.6 Å². The first kappa shape index (κ1) is 28.6. The number of urea groups is 1. The first-order valence-electron chi connectivity index (χ1n) is 14.1. The Hall–Kier alpha value is -3.89. The lowest BCUT2D eigenvalue weighted by Gasteiger charge is -2.40. The molecule has 0 saturated carbocycles. The number of piperazine rings is 1. The van der Waals surface area contributed by atoms with E-state index in [2.05, 4.69) is 20.5 Å². The fraction of sp³-hybridized carbons (Fsp3) is 0.400. The van der Waals surface area contributed by atoms with E-state index in [0.29, 0.717) is 60.5 Å². The highest BCUT2D eigenvalue weighted by atomic mass is 35.5. The molecule has 216 valence electrons. The second kappa shape index (κ2) is 13.2. The van der Waals surface area contributed by atoms with Gasteiger partial charge in [-0.2, -0.15) is 0 Å². The molecule has 1 saturated heterocycles. The monoisotopic (exact) mass is 577 g/mol. The predicted octanol–water partition coefficient (Wildman–Crippen LogP) is 4.54.